The van der Waals surface area contributed by atoms with Crippen molar-refractivity contribution in [3.63, 3.8) is 0 Å². The molecule has 0 aromatic heterocycles. The Hall–Kier alpha value is 0.642. The zero-order chi connectivity index (χ0) is 30.0. The molecule has 0 aromatic carbocycles. The van der Waals surface area contributed by atoms with Gasteiger partial charge in [0, 0.05) is 17.4 Å². The minimum Gasteiger partial charge on any atom is -0.302 e. The minimum atomic E-state index is -3.87. The second-order valence-electron chi connectivity index (χ2n) is 12.7. The number of phosphoric ester groups is 1. The van der Waals surface area contributed by atoms with Gasteiger partial charge in [0.2, 0.25) is 0 Å². The van der Waals surface area contributed by atoms with Gasteiger partial charge in [0.1, 0.15) is 0 Å². The van der Waals surface area contributed by atoms with E-state index in [0.717, 1.165) is 25.7 Å². The van der Waals surface area contributed by atoms with Crippen molar-refractivity contribution in [1.82, 2.24) is 0 Å². The monoisotopic (exact) mass is 654 g/mol. The van der Waals surface area contributed by atoms with Gasteiger partial charge in [0.15, 0.2) is 0 Å². The van der Waals surface area contributed by atoms with E-state index in [-0.39, 0.29) is 17.4 Å². The van der Waals surface area contributed by atoms with Gasteiger partial charge in [-0.15, -0.1) is 0 Å². The van der Waals surface area contributed by atoms with Crippen molar-refractivity contribution in [3.05, 3.63) is 0 Å². The summed E-state index contributed by atoms with van der Waals surface area (Å²) in [6.07, 6.45) is 42.2. The Balaban J connectivity index is 0. The molecule has 0 fully saturated rings. The number of rotatable bonds is 36. The molecule has 0 aliphatic rings. The van der Waals surface area contributed by atoms with Crippen molar-refractivity contribution in [2.75, 3.05) is 13.2 Å². The maximum Gasteiger partial charge on any atom is 0.472 e. The van der Waals surface area contributed by atoms with Crippen LogP contribution in [0.15, 0.2) is 0 Å². The third kappa shape index (κ3) is 38.7. The minimum absolute atomic E-state index is 0. The molecule has 0 heterocycles. The van der Waals surface area contributed by atoms with Gasteiger partial charge in [-0.2, -0.15) is 0 Å². The summed E-state index contributed by atoms with van der Waals surface area (Å²) in [5, 5.41) is 0. The van der Waals surface area contributed by atoms with E-state index in [0.29, 0.717) is 13.2 Å². The molecule has 0 aromatic rings. The van der Waals surface area contributed by atoms with Crippen LogP contribution in [0.5, 0.6) is 0 Å². The van der Waals surface area contributed by atoms with Crippen LogP contribution < -0.4 is 0 Å². The summed E-state index contributed by atoms with van der Waals surface area (Å²) in [7, 11) is -3.87. The van der Waals surface area contributed by atoms with Gasteiger partial charge < -0.3 is 4.89 Å². The van der Waals surface area contributed by atoms with Gasteiger partial charge in [-0.3, -0.25) is 9.05 Å². The van der Waals surface area contributed by atoms with Crippen LogP contribution in [0.2, 0.25) is 0 Å². The van der Waals surface area contributed by atoms with E-state index in [1.165, 1.54) is 180 Å². The second-order valence-corrected chi connectivity index (χ2v) is 14.2. The van der Waals surface area contributed by atoms with Crippen LogP contribution in [0.25, 0.3) is 0 Å². The molecule has 0 atom stereocenters. The number of hydrogen-bond acceptors (Lipinski definition) is 3. The topological polar surface area (TPSA) is 55.8 Å². The maximum absolute atomic E-state index is 12.0. The molecular formula is C36H75CrO4P. The van der Waals surface area contributed by atoms with Gasteiger partial charge in [-0.1, -0.05) is 206 Å². The molecule has 0 unspecified atom stereocenters. The van der Waals surface area contributed by atoms with E-state index in [1.54, 1.807) is 0 Å². The van der Waals surface area contributed by atoms with E-state index in [2.05, 4.69) is 13.8 Å². The first kappa shape index (κ1) is 44.8. The summed E-state index contributed by atoms with van der Waals surface area (Å²) >= 11 is 0. The molecule has 0 amide bonds. The molecule has 0 bridgehead atoms. The van der Waals surface area contributed by atoms with Crippen molar-refractivity contribution in [3.8, 4) is 0 Å². The summed E-state index contributed by atoms with van der Waals surface area (Å²) in [5.41, 5.74) is 0. The van der Waals surface area contributed by atoms with Crippen LogP contribution in [-0.2, 0) is 31.0 Å². The average molecular weight is 655 g/mol. The van der Waals surface area contributed by atoms with Crippen LogP contribution >= 0.6 is 7.82 Å². The molecule has 0 aliphatic heterocycles. The summed E-state index contributed by atoms with van der Waals surface area (Å²) in [6.45, 7) is 5.21. The normalized spacial score (nSPS) is 11.7. The van der Waals surface area contributed by atoms with Gasteiger partial charge in [0.05, 0.1) is 13.2 Å². The van der Waals surface area contributed by atoms with E-state index >= 15 is 0 Å². The standard InChI is InChI=1S/C36H75O4P.Cr/c1-3-5-7-9-11-13-15-17-19-21-23-25-27-29-31-33-35-39-41(37,38)40-36-34-32-30-28-26-24-22-20-18-16-14-12-10-8-6-4-2;/h3-36H2,1-2H3,(H,37,38);. The molecule has 0 saturated heterocycles. The van der Waals surface area contributed by atoms with Crippen LogP contribution in [0.4, 0.5) is 0 Å². The molecule has 0 rings (SSSR count). The molecule has 0 saturated carbocycles. The third-order valence-electron chi connectivity index (χ3n) is 8.50. The third-order valence-corrected chi connectivity index (χ3v) is 9.52. The van der Waals surface area contributed by atoms with Crippen LogP contribution in [0.1, 0.15) is 219 Å². The van der Waals surface area contributed by atoms with Gasteiger partial charge in [0.25, 0.3) is 0 Å². The fraction of sp³-hybridized carbons (Fsp3) is 1.00. The van der Waals surface area contributed by atoms with Crippen LogP contribution in [0, 0.1) is 0 Å². The Morgan fingerprint density at radius 1 is 0.357 bits per heavy atom. The molecule has 42 heavy (non-hydrogen) atoms. The molecular weight excluding hydrogens is 579 g/mol. The molecule has 1 N–H and O–H groups in total. The molecule has 0 radical (unpaired) electrons. The fourth-order valence-electron chi connectivity index (χ4n) is 5.70. The zero-order valence-corrected chi connectivity index (χ0v) is 30.7. The Kier molecular flexibility index (Phi) is 40.3. The maximum atomic E-state index is 12.0. The first-order valence-electron chi connectivity index (χ1n) is 18.7. The Morgan fingerprint density at radius 2 is 0.524 bits per heavy atom. The van der Waals surface area contributed by atoms with Crippen molar-refractivity contribution in [1.29, 1.82) is 0 Å². The van der Waals surface area contributed by atoms with Crippen molar-refractivity contribution < 1.29 is 35.9 Å². The van der Waals surface area contributed by atoms with E-state index in [1.807, 2.05) is 0 Å². The SMILES string of the molecule is CCCCCCCCCCCCCCCCCCOP(=O)(O)OCCCCCCCCCCCCCCCCCC.[Cr]. The van der Waals surface area contributed by atoms with Gasteiger partial charge in [-0.25, -0.2) is 4.57 Å². The molecule has 4 nitrogen and oxygen atoms in total. The predicted molar refractivity (Wildman–Crippen MR) is 181 cm³/mol. The Labute approximate surface area is 275 Å². The Bertz CT molecular complexity index is 493. The number of hydrogen-bond donors (Lipinski definition) is 1. The summed E-state index contributed by atoms with van der Waals surface area (Å²) in [5.74, 6) is 0. The van der Waals surface area contributed by atoms with Crippen LogP contribution in [-0.4, -0.2) is 18.1 Å². The van der Waals surface area contributed by atoms with E-state index in [4.69, 9.17) is 9.05 Å². The first-order valence-corrected chi connectivity index (χ1v) is 20.2. The van der Waals surface area contributed by atoms with Crippen molar-refractivity contribution in [2.24, 2.45) is 0 Å². The fourth-order valence-corrected chi connectivity index (χ4v) is 6.49. The van der Waals surface area contributed by atoms with E-state index in [9.17, 15) is 9.46 Å². The smallest absolute Gasteiger partial charge is 0.302 e. The largest absolute Gasteiger partial charge is 0.472 e. The van der Waals surface area contributed by atoms with Crippen LogP contribution in [0.3, 0.4) is 0 Å². The number of phosphoric acid groups is 1. The number of unbranched alkanes of at least 4 members (excludes halogenated alkanes) is 30. The average Bonchev–Trinajstić information content (AvgIpc) is 2.96. The van der Waals surface area contributed by atoms with Crippen molar-refractivity contribution >= 4 is 7.82 Å². The summed E-state index contributed by atoms with van der Waals surface area (Å²) in [6, 6.07) is 0. The Morgan fingerprint density at radius 3 is 0.714 bits per heavy atom. The molecule has 0 spiro atoms. The molecule has 6 heteroatoms. The van der Waals surface area contributed by atoms with Gasteiger partial charge >= 0.3 is 7.82 Å². The van der Waals surface area contributed by atoms with Crippen molar-refractivity contribution in [2.45, 2.75) is 219 Å². The zero-order valence-electron chi connectivity index (χ0n) is 28.6. The second kappa shape index (κ2) is 37.8. The molecule has 254 valence electrons. The predicted octanol–water partition coefficient (Wildman–Crippen LogP) is 13.6. The first-order chi connectivity index (χ1) is 20.1. The molecule has 0 aliphatic carbocycles. The van der Waals surface area contributed by atoms with Gasteiger partial charge in [-0.05, 0) is 12.8 Å². The quantitative estimate of drug-likeness (QED) is 0.0539. The van der Waals surface area contributed by atoms with E-state index < -0.39 is 7.82 Å². The summed E-state index contributed by atoms with van der Waals surface area (Å²) < 4.78 is 22.4. The summed E-state index contributed by atoms with van der Waals surface area (Å²) in [4.78, 5) is 9.88.